The van der Waals surface area contributed by atoms with Gasteiger partial charge in [-0.25, -0.2) is 4.39 Å². The molecule has 0 amide bonds. The normalized spacial score (nSPS) is 19.9. The van der Waals surface area contributed by atoms with Gasteiger partial charge in [-0.2, -0.15) is 0 Å². The molecule has 1 atom stereocenters. The van der Waals surface area contributed by atoms with E-state index in [9.17, 15) is 0 Å². The Bertz CT molecular complexity index is 2610. The number of piperidine rings is 1. The molecule has 4 fully saturated rings. The molecule has 1 unspecified atom stereocenters. The van der Waals surface area contributed by atoms with Gasteiger partial charge in [0.1, 0.15) is 5.82 Å². The topological polar surface area (TPSA) is 109 Å². The Morgan fingerprint density at radius 1 is 0.696 bits per heavy atom. The summed E-state index contributed by atoms with van der Waals surface area (Å²) in [6.45, 7) is 11.0. The lowest BCUT2D eigenvalue weighted by atomic mass is 9.96. The number of aryl methyl sites for hydroxylation is 2. The third kappa shape index (κ3) is 10.2. The average Bonchev–Trinajstić information content (AvgIpc) is 3.64. The van der Waals surface area contributed by atoms with Crippen LogP contribution in [0.4, 0.5) is 27.1 Å². The molecule has 69 heavy (non-hydrogen) atoms. The molecule has 0 radical (unpaired) electrons. The van der Waals surface area contributed by atoms with Crippen LogP contribution in [0.3, 0.4) is 0 Å². The smallest absolute Gasteiger partial charge is 0.163 e. The molecule has 0 bridgehead atoms. The zero-order valence-corrected chi connectivity index (χ0v) is 41.1. The number of halogens is 1. The van der Waals surface area contributed by atoms with Crippen molar-refractivity contribution in [3.8, 4) is 23.0 Å². The van der Waals surface area contributed by atoms with Crippen molar-refractivity contribution in [2.24, 2.45) is 5.92 Å². The minimum atomic E-state index is -0.0474. The maximum absolute atomic E-state index is 16.6. The summed E-state index contributed by atoms with van der Waals surface area (Å²) in [6.07, 6.45) is 16.3. The summed E-state index contributed by atoms with van der Waals surface area (Å²) >= 11 is 0. The van der Waals surface area contributed by atoms with Gasteiger partial charge in [-0.05, 0) is 151 Å². The molecule has 3 saturated heterocycles. The number of pyridine rings is 2. The fourth-order valence-electron chi connectivity index (χ4n) is 11.9. The predicted molar refractivity (Wildman–Crippen MR) is 276 cm³/mol. The van der Waals surface area contributed by atoms with Crippen molar-refractivity contribution >= 4 is 44.6 Å². The molecular formula is C56H73FN8O4. The van der Waals surface area contributed by atoms with Crippen molar-refractivity contribution < 1.29 is 23.3 Å². The van der Waals surface area contributed by atoms with E-state index in [-0.39, 0.29) is 17.8 Å². The molecule has 2 aromatic heterocycles. The van der Waals surface area contributed by atoms with Gasteiger partial charge in [0, 0.05) is 92.1 Å². The number of likely N-dealkylation sites (tertiary alicyclic amines) is 2. The van der Waals surface area contributed by atoms with Gasteiger partial charge in [-0.1, -0.05) is 12.1 Å². The van der Waals surface area contributed by atoms with Crippen LogP contribution in [-0.2, 0) is 19.3 Å². The van der Waals surface area contributed by atoms with Gasteiger partial charge < -0.3 is 49.6 Å². The van der Waals surface area contributed by atoms with Gasteiger partial charge in [0.05, 0.1) is 61.2 Å². The summed E-state index contributed by atoms with van der Waals surface area (Å²) in [5.74, 6) is 3.87. The lowest BCUT2D eigenvalue weighted by molar-refractivity contribution is 0.253. The van der Waals surface area contributed by atoms with E-state index in [0.29, 0.717) is 13.2 Å². The second-order valence-electron chi connectivity index (χ2n) is 20.6. The van der Waals surface area contributed by atoms with Crippen LogP contribution in [0.15, 0.2) is 42.5 Å². The van der Waals surface area contributed by atoms with Gasteiger partial charge >= 0.3 is 0 Å². The molecular weight excluding hydrogens is 868 g/mol. The number of aromatic nitrogens is 2. The van der Waals surface area contributed by atoms with E-state index in [4.69, 9.17) is 28.9 Å². The molecule has 3 N–H and O–H groups in total. The summed E-state index contributed by atoms with van der Waals surface area (Å²) < 4.78 is 41.2. The quantitative estimate of drug-likeness (QED) is 0.0686. The molecule has 0 spiro atoms. The summed E-state index contributed by atoms with van der Waals surface area (Å²) in [5, 5.41) is 13.6. The second-order valence-corrected chi connectivity index (χ2v) is 20.6. The van der Waals surface area contributed by atoms with Crippen molar-refractivity contribution in [2.75, 3.05) is 114 Å². The van der Waals surface area contributed by atoms with E-state index in [1.54, 1.807) is 14.2 Å². The fourth-order valence-corrected chi connectivity index (χ4v) is 11.9. The highest BCUT2D eigenvalue weighted by Gasteiger charge is 2.31. The number of methoxy groups -OCH3 is 2. The number of nitrogens with one attached hydrogen (secondary N) is 3. The van der Waals surface area contributed by atoms with Crippen LogP contribution in [-0.4, -0.2) is 119 Å². The first kappa shape index (κ1) is 46.1. The standard InChI is InChI=1S/C56H73FN8O4/c1-66-49-31-42-46(33-51(49)68-29-9-24-63-22-5-6-23-63)61-44-14-7-12-41(44)54(42)60-39-19-27-65(28-20-39)48-15-8-11-40(53(48)57)38-18-26-64(36-38)25-10-30-69-52-34-47-43(32-50(52)67-2)55(59-35-37-16-17-37)56-45(62-47)13-3-4-21-58-56/h8,11,15,31-34,37-39,58H,3-7,9-10,12-14,16-30,35-36H2,1-2H3,(H,59,62)(H,60,61). The van der Waals surface area contributed by atoms with Crippen LogP contribution >= 0.6 is 0 Å². The Labute approximate surface area is 408 Å². The molecule has 5 aromatic rings. The Balaban J connectivity index is 0.692. The Morgan fingerprint density at radius 3 is 2.12 bits per heavy atom. The number of anilines is 4. The number of benzene rings is 3. The van der Waals surface area contributed by atoms with Crippen LogP contribution in [0.5, 0.6) is 23.0 Å². The van der Waals surface area contributed by atoms with Crippen molar-refractivity contribution in [2.45, 2.75) is 108 Å². The Hall–Kier alpha value is -5.27. The van der Waals surface area contributed by atoms with Crippen LogP contribution in [0.25, 0.3) is 21.8 Å². The van der Waals surface area contributed by atoms with E-state index in [1.165, 1.54) is 55.7 Å². The van der Waals surface area contributed by atoms with Gasteiger partial charge in [-0.3, -0.25) is 9.97 Å². The summed E-state index contributed by atoms with van der Waals surface area (Å²) in [7, 11) is 3.44. The van der Waals surface area contributed by atoms with E-state index in [1.807, 2.05) is 12.1 Å². The Morgan fingerprint density at radius 2 is 1.39 bits per heavy atom. The molecule has 368 valence electrons. The highest BCUT2D eigenvalue weighted by molar-refractivity contribution is 6.00. The predicted octanol–water partition coefficient (Wildman–Crippen LogP) is 10.2. The van der Waals surface area contributed by atoms with Crippen LogP contribution in [0.1, 0.15) is 105 Å². The molecule has 4 aliphatic heterocycles. The highest BCUT2D eigenvalue weighted by Crippen LogP contribution is 2.43. The SMILES string of the molecule is COc1cc2c(NC3CCN(c4cccc(C5CCN(CCCOc6cc7nc8c(c(NCC9CC9)c7cc6OC)NCCCC8)C5)c4F)CC3)c3c(nc2cc1OCCCN1CCCC1)CCC3. The number of fused-ring (bicyclic) bond motifs is 4. The van der Waals surface area contributed by atoms with Crippen LogP contribution < -0.4 is 39.8 Å². The van der Waals surface area contributed by atoms with Crippen molar-refractivity contribution in [1.29, 1.82) is 0 Å². The van der Waals surface area contributed by atoms with Crippen LogP contribution in [0, 0.1) is 11.7 Å². The molecule has 12 nitrogen and oxygen atoms in total. The molecule has 2 aliphatic carbocycles. The second kappa shape index (κ2) is 21.0. The Kier molecular flexibility index (Phi) is 14.0. The van der Waals surface area contributed by atoms with Crippen LogP contribution in [0.2, 0.25) is 0 Å². The fraction of sp³-hybridized carbons (Fsp3) is 0.571. The average molecular weight is 941 g/mol. The van der Waals surface area contributed by atoms with E-state index >= 15 is 4.39 Å². The van der Waals surface area contributed by atoms with Gasteiger partial charge in [0.2, 0.25) is 0 Å². The summed E-state index contributed by atoms with van der Waals surface area (Å²) in [5.41, 5.74) is 10.6. The van der Waals surface area contributed by atoms with Crippen molar-refractivity contribution in [3.63, 3.8) is 0 Å². The number of hydrogen-bond acceptors (Lipinski definition) is 12. The zero-order valence-electron chi connectivity index (χ0n) is 41.1. The first-order chi connectivity index (χ1) is 34.0. The maximum atomic E-state index is 16.6. The molecule has 1 saturated carbocycles. The minimum absolute atomic E-state index is 0.0474. The van der Waals surface area contributed by atoms with Crippen molar-refractivity contribution in [3.05, 3.63) is 70.8 Å². The van der Waals surface area contributed by atoms with Gasteiger partial charge in [0.25, 0.3) is 0 Å². The molecule has 13 heteroatoms. The van der Waals surface area contributed by atoms with Crippen molar-refractivity contribution in [1.82, 2.24) is 19.8 Å². The monoisotopic (exact) mass is 941 g/mol. The molecule has 11 rings (SSSR count). The van der Waals surface area contributed by atoms with Gasteiger partial charge in [-0.15, -0.1) is 0 Å². The third-order valence-corrected chi connectivity index (χ3v) is 15.9. The summed E-state index contributed by atoms with van der Waals surface area (Å²) in [4.78, 5) is 17.6. The molecule has 6 heterocycles. The van der Waals surface area contributed by atoms with E-state index < -0.39 is 0 Å². The number of rotatable bonds is 19. The maximum Gasteiger partial charge on any atom is 0.163 e. The van der Waals surface area contributed by atoms with E-state index in [2.05, 4.69) is 61.0 Å². The summed E-state index contributed by atoms with van der Waals surface area (Å²) in [6, 6.07) is 14.7. The number of nitrogens with zero attached hydrogens (tertiary/aromatic N) is 5. The lowest BCUT2D eigenvalue weighted by Crippen LogP contribution is -2.39. The minimum Gasteiger partial charge on any atom is -0.493 e. The molecule has 6 aliphatic rings. The van der Waals surface area contributed by atoms with Gasteiger partial charge in [0.15, 0.2) is 23.0 Å². The first-order valence-electron chi connectivity index (χ1n) is 26.6. The lowest BCUT2D eigenvalue weighted by Gasteiger charge is -2.35. The first-order valence-corrected chi connectivity index (χ1v) is 26.6. The van der Waals surface area contributed by atoms with E-state index in [0.717, 1.165) is 202 Å². The molecule has 3 aromatic carbocycles. The number of hydrogen-bond donors (Lipinski definition) is 3. The number of ether oxygens (including phenoxy) is 4. The third-order valence-electron chi connectivity index (χ3n) is 15.9. The highest BCUT2D eigenvalue weighted by atomic mass is 19.1. The largest absolute Gasteiger partial charge is 0.493 e. The zero-order chi connectivity index (χ0) is 46.7.